The molecule has 2 aromatic carbocycles. The molecule has 0 saturated carbocycles. The van der Waals surface area contributed by atoms with Gasteiger partial charge in [-0.25, -0.2) is 0 Å². The Morgan fingerprint density at radius 1 is 0.760 bits per heavy atom. The van der Waals surface area contributed by atoms with E-state index < -0.39 is 9.85 Å². The van der Waals surface area contributed by atoms with Gasteiger partial charge in [0.1, 0.15) is 0 Å². The minimum Gasteiger partial charge on any atom is -0.258 e. The summed E-state index contributed by atoms with van der Waals surface area (Å²) >= 11 is 3.50. The van der Waals surface area contributed by atoms with Gasteiger partial charge < -0.3 is 0 Å². The molecule has 0 aliphatic rings. The summed E-state index contributed by atoms with van der Waals surface area (Å²) in [6.07, 6.45) is 0. The third-order valence-electron chi connectivity index (χ3n) is 2.91. The zero-order chi connectivity index (χ0) is 17.8. The first-order valence-electron chi connectivity index (χ1n) is 6.70. The smallest absolute Gasteiger partial charge is 0.258 e. The van der Waals surface area contributed by atoms with E-state index in [1.54, 1.807) is 36.4 Å². The second-order valence-corrected chi connectivity index (χ2v) is 8.04. The topological polar surface area (TPSA) is 112 Å². The van der Waals surface area contributed by atoms with Crippen molar-refractivity contribution in [1.82, 2.24) is 10.2 Å². The van der Waals surface area contributed by atoms with Gasteiger partial charge in [0.05, 0.1) is 19.6 Å². The molecule has 0 fully saturated rings. The van der Waals surface area contributed by atoms with Crippen molar-refractivity contribution < 1.29 is 9.85 Å². The molecule has 11 heteroatoms. The fourth-order valence-corrected chi connectivity index (χ4v) is 5.00. The van der Waals surface area contributed by atoms with Crippen LogP contribution in [-0.2, 0) is 0 Å². The van der Waals surface area contributed by atoms with Crippen molar-refractivity contribution in [2.24, 2.45) is 0 Å². The zero-order valence-electron chi connectivity index (χ0n) is 12.3. The standard InChI is InChI=1S/C14H8N4O4S3/c19-17(20)9-5-1-3-7-11(9)23-13-15-16-14(25-13)24-12-8-4-2-6-10(12)18(21)22/h1-8H. The lowest BCUT2D eigenvalue weighted by Crippen LogP contribution is -1.89. The number of benzene rings is 2. The molecule has 3 aromatic rings. The summed E-state index contributed by atoms with van der Waals surface area (Å²) in [4.78, 5) is 22.1. The van der Waals surface area contributed by atoms with Gasteiger partial charge in [0.2, 0.25) is 0 Å². The molecule has 0 aliphatic heterocycles. The van der Waals surface area contributed by atoms with Crippen LogP contribution >= 0.6 is 34.9 Å². The van der Waals surface area contributed by atoms with Gasteiger partial charge in [-0.05, 0) is 12.1 Å². The summed E-state index contributed by atoms with van der Waals surface area (Å²) in [5.74, 6) is 0. The van der Waals surface area contributed by atoms with Crippen LogP contribution < -0.4 is 0 Å². The first kappa shape index (κ1) is 17.3. The minimum absolute atomic E-state index is 0.00407. The predicted octanol–water partition coefficient (Wildman–Crippen LogP) is 4.66. The lowest BCUT2D eigenvalue weighted by atomic mass is 10.3. The van der Waals surface area contributed by atoms with Crippen LogP contribution in [0.1, 0.15) is 0 Å². The number of rotatable bonds is 6. The minimum atomic E-state index is -0.452. The quantitative estimate of drug-likeness (QED) is 0.440. The SMILES string of the molecule is O=[N+]([O-])c1ccccc1Sc1nnc(Sc2ccccc2[N+](=O)[O-])s1. The van der Waals surface area contributed by atoms with Gasteiger partial charge in [-0.15, -0.1) is 10.2 Å². The summed E-state index contributed by atoms with van der Waals surface area (Å²) < 4.78 is 1.05. The van der Waals surface area contributed by atoms with Crippen molar-refractivity contribution in [1.29, 1.82) is 0 Å². The Morgan fingerprint density at radius 3 is 1.56 bits per heavy atom. The Hall–Kier alpha value is -2.50. The van der Waals surface area contributed by atoms with Gasteiger partial charge in [-0.1, -0.05) is 59.1 Å². The number of para-hydroxylation sites is 2. The van der Waals surface area contributed by atoms with Gasteiger partial charge in [0.25, 0.3) is 11.4 Å². The number of aromatic nitrogens is 2. The van der Waals surface area contributed by atoms with Gasteiger partial charge in [0.15, 0.2) is 8.68 Å². The molecule has 1 aromatic heterocycles. The fourth-order valence-electron chi connectivity index (χ4n) is 1.86. The molecule has 3 rings (SSSR count). The molecular weight excluding hydrogens is 384 g/mol. The molecule has 0 bridgehead atoms. The molecule has 25 heavy (non-hydrogen) atoms. The summed E-state index contributed by atoms with van der Waals surface area (Å²) in [6, 6.07) is 12.7. The van der Waals surface area contributed by atoms with Crippen molar-refractivity contribution in [2.45, 2.75) is 18.5 Å². The van der Waals surface area contributed by atoms with Gasteiger partial charge in [0, 0.05) is 12.1 Å². The predicted molar refractivity (Wildman–Crippen MR) is 94.3 cm³/mol. The number of hydrogen-bond acceptors (Lipinski definition) is 9. The Bertz CT molecular complexity index is 873. The normalized spacial score (nSPS) is 10.6. The largest absolute Gasteiger partial charge is 0.283 e. The van der Waals surface area contributed by atoms with Crippen LogP contribution in [0.25, 0.3) is 0 Å². The monoisotopic (exact) mass is 392 g/mol. The molecule has 0 aliphatic carbocycles. The van der Waals surface area contributed by atoms with Crippen LogP contribution in [0.2, 0.25) is 0 Å². The highest BCUT2D eigenvalue weighted by atomic mass is 32.2. The van der Waals surface area contributed by atoms with Crippen molar-refractivity contribution >= 4 is 46.2 Å². The van der Waals surface area contributed by atoms with Crippen LogP contribution in [0.4, 0.5) is 11.4 Å². The Kier molecular flexibility index (Phi) is 5.26. The summed E-state index contributed by atoms with van der Waals surface area (Å²) in [5.41, 5.74) is -0.00815. The van der Waals surface area contributed by atoms with E-state index in [1.807, 2.05) is 0 Å². The van der Waals surface area contributed by atoms with Gasteiger partial charge >= 0.3 is 0 Å². The molecule has 0 saturated heterocycles. The average molecular weight is 392 g/mol. The third-order valence-corrected chi connectivity index (χ3v) is 6.06. The van der Waals surface area contributed by atoms with Crippen LogP contribution in [-0.4, -0.2) is 20.0 Å². The fraction of sp³-hybridized carbons (Fsp3) is 0. The van der Waals surface area contributed by atoms with Crippen molar-refractivity contribution in [3.63, 3.8) is 0 Å². The molecule has 0 N–H and O–H groups in total. The maximum absolute atomic E-state index is 11.1. The number of nitro groups is 2. The van der Waals surface area contributed by atoms with E-state index in [0.29, 0.717) is 18.5 Å². The highest BCUT2D eigenvalue weighted by Gasteiger charge is 2.18. The summed E-state index contributed by atoms with van der Waals surface area (Å²) in [7, 11) is 0. The van der Waals surface area contributed by atoms with E-state index in [4.69, 9.17) is 0 Å². The van der Waals surface area contributed by atoms with Crippen molar-refractivity contribution in [3.8, 4) is 0 Å². The molecule has 126 valence electrons. The molecule has 0 amide bonds. The first-order chi connectivity index (χ1) is 12.0. The molecule has 1 heterocycles. The van der Waals surface area contributed by atoms with Gasteiger partial charge in [-0.3, -0.25) is 20.2 Å². The van der Waals surface area contributed by atoms with Crippen molar-refractivity contribution in [3.05, 3.63) is 68.8 Å². The van der Waals surface area contributed by atoms with Gasteiger partial charge in [-0.2, -0.15) is 0 Å². The number of hydrogen-bond donors (Lipinski definition) is 0. The highest BCUT2D eigenvalue weighted by molar-refractivity contribution is 8.03. The summed E-state index contributed by atoms with van der Waals surface area (Å²) in [6.45, 7) is 0. The lowest BCUT2D eigenvalue weighted by molar-refractivity contribution is -0.387. The Balaban J connectivity index is 1.80. The van der Waals surface area contributed by atoms with E-state index in [1.165, 1.54) is 23.5 Å². The average Bonchev–Trinajstić information content (AvgIpc) is 3.02. The van der Waals surface area contributed by atoms with E-state index in [9.17, 15) is 20.2 Å². The number of nitro benzene ring substituents is 2. The lowest BCUT2D eigenvalue weighted by Gasteiger charge is -1.99. The zero-order valence-corrected chi connectivity index (χ0v) is 14.7. The van der Waals surface area contributed by atoms with E-state index in [0.717, 1.165) is 23.5 Å². The molecule has 8 nitrogen and oxygen atoms in total. The van der Waals surface area contributed by atoms with Crippen LogP contribution in [0, 0.1) is 20.2 Å². The molecule has 0 unspecified atom stereocenters. The molecular formula is C14H8N4O4S3. The number of nitrogens with zero attached hydrogens (tertiary/aromatic N) is 4. The second kappa shape index (κ2) is 7.59. The Morgan fingerprint density at radius 2 is 1.16 bits per heavy atom. The maximum Gasteiger partial charge on any atom is 0.283 e. The third kappa shape index (κ3) is 4.13. The summed E-state index contributed by atoms with van der Waals surface area (Å²) in [5, 5.41) is 30.1. The van der Waals surface area contributed by atoms with Crippen LogP contribution in [0.5, 0.6) is 0 Å². The maximum atomic E-state index is 11.1. The van der Waals surface area contributed by atoms with E-state index in [2.05, 4.69) is 10.2 Å². The second-order valence-electron chi connectivity index (χ2n) is 4.49. The van der Waals surface area contributed by atoms with Crippen LogP contribution in [0.15, 0.2) is 67.0 Å². The van der Waals surface area contributed by atoms with E-state index >= 15 is 0 Å². The highest BCUT2D eigenvalue weighted by Crippen LogP contribution is 2.41. The molecule has 0 spiro atoms. The van der Waals surface area contributed by atoms with E-state index in [-0.39, 0.29) is 11.4 Å². The first-order valence-corrected chi connectivity index (χ1v) is 9.15. The molecule has 0 atom stereocenters. The van der Waals surface area contributed by atoms with Crippen LogP contribution in [0.3, 0.4) is 0 Å². The molecule has 0 radical (unpaired) electrons. The van der Waals surface area contributed by atoms with Crippen molar-refractivity contribution in [2.75, 3.05) is 0 Å². The Labute approximate surface area is 153 Å².